The summed E-state index contributed by atoms with van der Waals surface area (Å²) < 4.78 is 15.6. The van der Waals surface area contributed by atoms with Crippen LogP contribution in [0.2, 0.25) is 0 Å². The molecular formula is C28H29NO5. The Morgan fingerprint density at radius 3 is 2.12 bits per heavy atom. The van der Waals surface area contributed by atoms with Crippen molar-refractivity contribution in [1.82, 2.24) is 5.32 Å². The third kappa shape index (κ3) is 7.24. The Labute approximate surface area is 200 Å². The molecule has 0 aliphatic rings. The molecule has 3 aromatic carbocycles. The zero-order valence-corrected chi connectivity index (χ0v) is 19.4. The largest absolute Gasteiger partial charge is 0.493 e. The Bertz CT molecular complexity index is 1060. The van der Waals surface area contributed by atoms with Gasteiger partial charge in [-0.2, -0.15) is 0 Å². The molecule has 6 heteroatoms. The molecule has 3 rings (SSSR count). The third-order valence-corrected chi connectivity index (χ3v) is 5.32. The average molecular weight is 460 g/mol. The highest BCUT2D eigenvalue weighted by molar-refractivity contribution is 5.87. The second-order valence-corrected chi connectivity index (χ2v) is 7.57. The lowest BCUT2D eigenvalue weighted by Crippen LogP contribution is -2.30. The molecule has 0 fully saturated rings. The Kier molecular flexibility index (Phi) is 9.29. The van der Waals surface area contributed by atoms with Gasteiger partial charge in [0.05, 0.1) is 14.2 Å². The molecule has 0 aliphatic heterocycles. The van der Waals surface area contributed by atoms with Crippen LogP contribution in [0.1, 0.15) is 29.0 Å². The van der Waals surface area contributed by atoms with Crippen molar-refractivity contribution in [1.29, 1.82) is 0 Å². The summed E-state index contributed by atoms with van der Waals surface area (Å²) in [5.74, 6) is 0.441. The van der Waals surface area contributed by atoms with E-state index in [1.165, 1.54) is 31.4 Å². The van der Waals surface area contributed by atoms with Gasteiger partial charge in [-0.25, -0.2) is 4.79 Å². The smallest absolute Gasteiger partial charge is 0.330 e. The molecule has 0 saturated heterocycles. The molecule has 1 amide bonds. The quantitative estimate of drug-likeness (QED) is 0.335. The maximum absolute atomic E-state index is 12.4. The highest BCUT2D eigenvalue weighted by atomic mass is 16.5. The fourth-order valence-electron chi connectivity index (χ4n) is 3.59. The number of hydrogen-bond acceptors (Lipinski definition) is 5. The number of carbonyl (C=O) groups excluding carboxylic acids is 2. The van der Waals surface area contributed by atoms with E-state index in [1.807, 2.05) is 36.4 Å². The topological polar surface area (TPSA) is 73.9 Å². The van der Waals surface area contributed by atoms with E-state index in [4.69, 9.17) is 9.47 Å². The van der Waals surface area contributed by atoms with Crippen LogP contribution >= 0.6 is 0 Å². The van der Waals surface area contributed by atoms with Gasteiger partial charge < -0.3 is 19.5 Å². The predicted octanol–water partition coefficient (Wildman–Crippen LogP) is 4.60. The van der Waals surface area contributed by atoms with Crippen molar-refractivity contribution in [3.05, 3.63) is 102 Å². The minimum absolute atomic E-state index is 0.130. The van der Waals surface area contributed by atoms with Gasteiger partial charge in [0.25, 0.3) is 5.91 Å². The number of benzene rings is 3. The Hall–Kier alpha value is -4.06. The summed E-state index contributed by atoms with van der Waals surface area (Å²) in [5.41, 5.74) is 3.17. The van der Waals surface area contributed by atoms with Gasteiger partial charge in [0, 0.05) is 18.5 Å². The Morgan fingerprint density at radius 2 is 1.53 bits per heavy atom. The number of carbonyl (C=O) groups is 2. The molecule has 0 bridgehead atoms. The summed E-state index contributed by atoms with van der Waals surface area (Å²) in [6, 6.07) is 25.7. The number of ether oxygens (including phenoxy) is 3. The van der Waals surface area contributed by atoms with Crippen LogP contribution in [0, 0.1) is 0 Å². The third-order valence-electron chi connectivity index (χ3n) is 5.32. The normalized spacial score (nSPS) is 10.8. The van der Waals surface area contributed by atoms with Gasteiger partial charge in [-0.05, 0) is 41.3 Å². The summed E-state index contributed by atoms with van der Waals surface area (Å²) in [6.45, 7) is 0.389. The molecule has 0 heterocycles. The standard InChI is InChI=1S/C28H29NO5/c1-32-26-19-21(14-16-28(31)33-2)13-15-25(26)34-20-27(30)29-18-17-24(22-9-5-3-6-10-22)23-11-7-4-8-12-23/h3-16,19,24H,17-18,20H2,1-2H3,(H,29,30)/b16-14+. The van der Waals surface area contributed by atoms with Crippen LogP contribution in [0.3, 0.4) is 0 Å². The van der Waals surface area contributed by atoms with Crippen LogP contribution in [0.4, 0.5) is 0 Å². The maximum Gasteiger partial charge on any atom is 0.330 e. The monoisotopic (exact) mass is 459 g/mol. The molecule has 0 atom stereocenters. The van der Waals surface area contributed by atoms with E-state index in [-0.39, 0.29) is 18.4 Å². The van der Waals surface area contributed by atoms with Crippen molar-refractivity contribution in [2.75, 3.05) is 27.4 Å². The summed E-state index contributed by atoms with van der Waals surface area (Å²) in [4.78, 5) is 23.7. The number of hydrogen-bond donors (Lipinski definition) is 1. The number of methoxy groups -OCH3 is 2. The van der Waals surface area contributed by atoms with Gasteiger partial charge >= 0.3 is 5.97 Å². The summed E-state index contributed by atoms with van der Waals surface area (Å²) >= 11 is 0. The van der Waals surface area contributed by atoms with Crippen molar-refractivity contribution in [2.24, 2.45) is 0 Å². The highest BCUT2D eigenvalue weighted by Gasteiger charge is 2.14. The molecule has 0 radical (unpaired) electrons. The molecule has 0 aromatic heterocycles. The molecule has 34 heavy (non-hydrogen) atoms. The molecule has 0 saturated carbocycles. The van der Waals surface area contributed by atoms with E-state index in [0.717, 1.165) is 12.0 Å². The van der Waals surface area contributed by atoms with Crippen molar-refractivity contribution in [3.8, 4) is 11.5 Å². The van der Waals surface area contributed by atoms with Gasteiger partial charge in [0.15, 0.2) is 18.1 Å². The van der Waals surface area contributed by atoms with Crippen molar-refractivity contribution in [2.45, 2.75) is 12.3 Å². The number of esters is 1. The molecule has 3 aromatic rings. The predicted molar refractivity (Wildman–Crippen MR) is 132 cm³/mol. The van der Waals surface area contributed by atoms with E-state index in [9.17, 15) is 9.59 Å². The first-order valence-electron chi connectivity index (χ1n) is 11.0. The second kappa shape index (κ2) is 12.8. The maximum atomic E-state index is 12.4. The lowest BCUT2D eigenvalue weighted by Gasteiger charge is -2.18. The molecular weight excluding hydrogens is 430 g/mol. The summed E-state index contributed by atoms with van der Waals surface area (Å²) in [5, 5.41) is 2.94. The molecule has 176 valence electrons. The fraction of sp³-hybridized carbons (Fsp3) is 0.214. The summed E-state index contributed by atoms with van der Waals surface area (Å²) in [7, 11) is 2.84. The van der Waals surface area contributed by atoms with Crippen LogP contribution in [-0.4, -0.2) is 39.2 Å². The number of amides is 1. The zero-order chi connectivity index (χ0) is 24.2. The van der Waals surface area contributed by atoms with Gasteiger partial charge in [0.1, 0.15) is 0 Å². The minimum atomic E-state index is -0.447. The van der Waals surface area contributed by atoms with Crippen molar-refractivity contribution in [3.63, 3.8) is 0 Å². The lowest BCUT2D eigenvalue weighted by molar-refractivity contribution is -0.134. The highest BCUT2D eigenvalue weighted by Crippen LogP contribution is 2.29. The fourth-order valence-corrected chi connectivity index (χ4v) is 3.59. The first-order chi connectivity index (χ1) is 16.6. The van der Waals surface area contributed by atoms with E-state index in [1.54, 1.807) is 24.3 Å². The van der Waals surface area contributed by atoms with Crippen molar-refractivity contribution < 1.29 is 23.8 Å². The molecule has 1 N–H and O–H groups in total. The van der Waals surface area contributed by atoms with E-state index in [2.05, 4.69) is 34.3 Å². The number of nitrogens with one attached hydrogen (secondary N) is 1. The van der Waals surface area contributed by atoms with Gasteiger partial charge in [0.2, 0.25) is 0 Å². The lowest BCUT2D eigenvalue weighted by atomic mass is 9.88. The average Bonchev–Trinajstić information content (AvgIpc) is 2.89. The Balaban J connectivity index is 1.54. The zero-order valence-electron chi connectivity index (χ0n) is 19.4. The van der Waals surface area contributed by atoms with Crippen LogP contribution < -0.4 is 14.8 Å². The van der Waals surface area contributed by atoms with E-state index < -0.39 is 5.97 Å². The van der Waals surface area contributed by atoms with Crippen LogP contribution in [-0.2, 0) is 14.3 Å². The summed E-state index contributed by atoms with van der Waals surface area (Å²) in [6.07, 6.45) is 3.70. The van der Waals surface area contributed by atoms with E-state index in [0.29, 0.717) is 18.0 Å². The van der Waals surface area contributed by atoms with E-state index >= 15 is 0 Å². The Morgan fingerprint density at radius 1 is 0.882 bits per heavy atom. The second-order valence-electron chi connectivity index (χ2n) is 7.57. The molecule has 0 spiro atoms. The SMILES string of the molecule is COC(=O)/C=C/c1ccc(OCC(=O)NCCC(c2ccccc2)c2ccccc2)c(OC)c1. The van der Waals surface area contributed by atoms with Gasteiger partial charge in [-0.1, -0.05) is 66.7 Å². The molecule has 0 unspecified atom stereocenters. The van der Waals surface area contributed by atoms with Crippen molar-refractivity contribution >= 4 is 18.0 Å². The first-order valence-corrected chi connectivity index (χ1v) is 11.0. The molecule has 6 nitrogen and oxygen atoms in total. The first kappa shape index (κ1) is 24.6. The van der Waals surface area contributed by atoms with Gasteiger partial charge in [-0.3, -0.25) is 4.79 Å². The van der Waals surface area contributed by atoms with Gasteiger partial charge in [-0.15, -0.1) is 0 Å². The van der Waals surface area contributed by atoms with Crippen LogP contribution in [0.15, 0.2) is 84.9 Å². The van der Waals surface area contributed by atoms with Crippen LogP contribution in [0.5, 0.6) is 11.5 Å². The van der Waals surface area contributed by atoms with Crippen LogP contribution in [0.25, 0.3) is 6.08 Å². The number of rotatable bonds is 11. The minimum Gasteiger partial charge on any atom is -0.493 e. The molecule has 0 aliphatic carbocycles.